The fourth-order valence-corrected chi connectivity index (χ4v) is 1.34. The zero-order valence-corrected chi connectivity index (χ0v) is 8.65. The standard InChI is InChI=1S/C10H15NO3/c1-4-14-9(12)10(2,13)8-6-5-7-11(8)3/h5-7,13H,4H2,1-3H3. The molecule has 1 atom stereocenters. The molecular weight excluding hydrogens is 182 g/mol. The number of nitrogens with zero attached hydrogens (tertiary/aromatic N) is 1. The van der Waals surface area contributed by atoms with Crippen molar-refractivity contribution in [1.29, 1.82) is 0 Å². The van der Waals surface area contributed by atoms with Gasteiger partial charge in [-0.2, -0.15) is 0 Å². The second-order valence-electron chi connectivity index (χ2n) is 3.30. The molecule has 1 aromatic heterocycles. The van der Waals surface area contributed by atoms with E-state index in [2.05, 4.69) is 0 Å². The number of hydrogen-bond donors (Lipinski definition) is 1. The molecule has 0 saturated carbocycles. The average Bonchev–Trinajstić information content (AvgIpc) is 2.52. The van der Waals surface area contributed by atoms with Crippen LogP contribution in [0.3, 0.4) is 0 Å². The Hall–Kier alpha value is -1.29. The number of carbonyl (C=O) groups is 1. The molecule has 0 aliphatic heterocycles. The van der Waals surface area contributed by atoms with E-state index in [1.54, 1.807) is 36.9 Å². The molecule has 0 fully saturated rings. The summed E-state index contributed by atoms with van der Waals surface area (Å²) < 4.78 is 6.47. The summed E-state index contributed by atoms with van der Waals surface area (Å²) in [5.74, 6) is -0.623. The van der Waals surface area contributed by atoms with Gasteiger partial charge in [-0.3, -0.25) is 0 Å². The monoisotopic (exact) mass is 197 g/mol. The maximum absolute atomic E-state index is 11.4. The van der Waals surface area contributed by atoms with Crippen LogP contribution in [0.15, 0.2) is 18.3 Å². The maximum Gasteiger partial charge on any atom is 0.344 e. The van der Waals surface area contributed by atoms with Gasteiger partial charge in [0.15, 0.2) is 5.60 Å². The first-order valence-electron chi connectivity index (χ1n) is 4.51. The van der Waals surface area contributed by atoms with Gasteiger partial charge >= 0.3 is 5.97 Å². The average molecular weight is 197 g/mol. The molecule has 1 rings (SSSR count). The molecule has 4 nitrogen and oxygen atoms in total. The van der Waals surface area contributed by atoms with Crippen LogP contribution in [-0.2, 0) is 22.2 Å². The lowest BCUT2D eigenvalue weighted by molar-refractivity contribution is -0.164. The Morgan fingerprint density at radius 2 is 2.36 bits per heavy atom. The van der Waals surface area contributed by atoms with Gasteiger partial charge in [0.25, 0.3) is 0 Å². The molecule has 14 heavy (non-hydrogen) atoms. The first-order chi connectivity index (χ1) is 6.50. The predicted octanol–water partition coefficient (Wildman–Crippen LogP) is 0.796. The Labute approximate surface area is 83.1 Å². The third-order valence-corrected chi connectivity index (χ3v) is 2.12. The summed E-state index contributed by atoms with van der Waals surface area (Å²) in [6.07, 6.45) is 1.77. The van der Waals surface area contributed by atoms with Crippen LogP contribution in [0, 0.1) is 0 Å². The molecule has 0 bridgehead atoms. The van der Waals surface area contributed by atoms with Gasteiger partial charge in [-0.15, -0.1) is 0 Å². The number of esters is 1. The van der Waals surface area contributed by atoms with Crippen molar-refractivity contribution in [2.45, 2.75) is 19.4 Å². The lowest BCUT2D eigenvalue weighted by Crippen LogP contribution is -2.35. The van der Waals surface area contributed by atoms with E-state index in [9.17, 15) is 9.90 Å². The smallest absolute Gasteiger partial charge is 0.344 e. The summed E-state index contributed by atoms with van der Waals surface area (Å²) in [4.78, 5) is 11.4. The Balaban J connectivity index is 2.95. The van der Waals surface area contributed by atoms with Crippen molar-refractivity contribution < 1.29 is 14.6 Å². The van der Waals surface area contributed by atoms with Crippen molar-refractivity contribution in [3.63, 3.8) is 0 Å². The van der Waals surface area contributed by atoms with Crippen LogP contribution in [0.4, 0.5) is 0 Å². The van der Waals surface area contributed by atoms with Crippen LogP contribution < -0.4 is 0 Å². The highest BCUT2D eigenvalue weighted by Crippen LogP contribution is 2.21. The highest BCUT2D eigenvalue weighted by molar-refractivity contribution is 5.80. The Kier molecular flexibility index (Phi) is 2.96. The number of aliphatic hydroxyl groups is 1. The maximum atomic E-state index is 11.4. The lowest BCUT2D eigenvalue weighted by atomic mass is 10.0. The van der Waals surface area contributed by atoms with Crippen molar-refractivity contribution in [2.75, 3.05) is 6.61 Å². The summed E-state index contributed by atoms with van der Waals surface area (Å²) >= 11 is 0. The van der Waals surface area contributed by atoms with Gasteiger partial charge in [0.2, 0.25) is 0 Å². The normalized spacial score (nSPS) is 14.9. The molecule has 0 aromatic carbocycles. The lowest BCUT2D eigenvalue weighted by Gasteiger charge is -2.21. The molecule has 0 aliphatic rings. The Morgan fingerprint density at radius 1 is 1.71 bits per heavy atom. The van der Waals surface area contributed by atoms with Crippen LogP contribution in [0.25, 0.3) is 0 Å². The van der Waals surface area contributed by atoms with Crippen LogP contribution in [0.5, 0.6) is 0 Å². The Morgan fingerprint density at radius 3 is 2.79 bits per heavy atom. The second-order valence-corrected chi connectivity index (χ2v) is 3.30. The third kappa shape index (κ3) is 1.80. The molecule has 1 aromatic rings. The minimum Gasteiger partial charge on any atom is -0.464 e. The van der Waals surface area contributed by atoms with Gasteiger partial charge in [0.1, 0.15) is 0 Å². The van der Waals surface area contributed by atoms with Crippen LogP contribution in [0.2, 0.25) is 0 Å². The van der Waals surface area contributed by atoms with E-state index in [1.165, 1.54) is 6.92 Å². The quantitative estimate of drug-likeness (QED) is 0.729. The van der Waals surface area contributed by atoms with Gasteiger partial charge in [0.05, 0.1) is 12.3 Å². The summed E-state index contributed by atoms with van der Waals surface area (Å²) in [5.41, 5.74) is -1.05. The molecule has 0 aliphatic carbocycles. The number of rotatable bonds is 3. The molecule has 1 heterocycles. The molecular formula is C10H15NO3. The van der Waals surface area contributed by atoms with E-state index in [1.807, 2.05) is 0 Å². The number of carbonyl (C=O) groups excluding carboxylic acids is 1. The fourth-order valence-electron chi connectivity index (χ4n) is 1.34. The van der Waals surface area contributed by atoms with E-state index < -0.39 is 11.6 Å². The third-order valence-electron chi connectivity index (χ3n) is 2.12. The SMILES string of the molecule is CCOC(=O)C(C)(O)c1cccn1C. The van der Waals surface area contributed by atoms with Gasteiger partial charge in [-0.05, 0) is 26.0 Å². The van der Waals surface area contributed by atoms with Crippen molar-refractivity contribution in [1.82, 2.24) is 4.57 Å². The molecule has 1 unspecified atom stereocenters. The van der Waals surface area contributed by atoms with E-state index in [-0.39, 0.29) is 6.61 Å². The zero-order chi connectivity index (χ0) is 10.8. The van der Waals surface area contributed by atoms with Gasteiger partial charge < -0.3 is 14.4 Å². The summed E-state index contributed by atoms with van der Waals surface area (Å²) in [6.45, 7) is 3.40. The number of hydrogen-bond acceptors (Lipinski definition) is 3. The van der Waals surface area contributed by atoms with E-state index in [4.69, 9.17) is 4.74 Å². The van der Waals surface area contributed by atoms with Crippen molar-refractivity contribution in [2.24, 2.45) is 7.05 Å². The zero-order valence-electron chi connectivity index (χ0n) is 8.65. The summed E-state index contributed by atoms with van der Waals surface area (Å²) in [7, 11) is 1.77. The van der Waals surface area contributed by atoms with Gasteiger partial charge in [-0.1, -0.05) is 0 Å². The largest absolute Gasteiger partial charge is 0.464 e. The van der Waals surface area contributed by atoms with Crippen molar-refractivity contribution >= 4 is 5.97 Å². The summed E-state index contributed by atoms with van der Waals surface area (Å²) in [5, 5.41) is 9.96. The molecule has 0 amide bonds. The molecule has 0 saturated heterocycles. The molecule has 78 valence electrons. The van der Waals surface area contributed by atoms with Gasteiger partial charge in [-0.25, -0.2) is 4.79 Å². The number of ether oxygens (including phenoxy) is 1. The van der Waals surface area contributed by atoms with Crippen molar-refractivity contribution in [3.05, 3.63) is 24.0 Å². The minimum absolute atomic E-state index is 0.263. The highest BCUT2D eigenvalue weighted by Gasteiger charge is 2.35. The molecule has 0 radical (unpaired) electrons. The van der Waals surface area contributed by atoms with Crippen LogP contribution in [0.1, 0.15) is 19.5 Å². The van der Waals surface area contributed by atoms with E-state index in [0.717, 1.165) is 0 Å². The molecule has 0 spiro atoms. The van der Waals surface area contributed by atoms with Crippen LogP contribution in [-0.4, -0.2) is 22.2 Å². The first-order valence-corrected chi connectivity index (χ1v) is 4.51. The predicted molar refractivity (Wildman–Crippen MR) is 51.6 cm³/mol. The number of aromatic nitrogens is 1. The van der Waals surface area contributed by atoms with E-state index >= 15 is 0 Å². The van der Waals surface area contributed by atoms with Crippen LogP contribution >= 0.6 is 0 Å². The molecule has 1 N–H and O–H groups in total. The van der Waals surface area contributed by atoms with Gasteiger partial charge in [0, 0.05) is 13.2 Å². The first kappa shape index (κ1) is 10.8. The summed E-state index contributed by atoms with van der Waals surface area (Å²) in [6, 6.07) is 3.46. The van der Waals surface area contributed by atoms with Crippen molar-refractivity contribution in [3.8, 4) is 0 Å². The van der Waals surface area contributed by atoms with E-state index in [0.29, 0.717) is 5.69 Å². The highest BCUT2D eigenvalue weighted by atomic mass is 16.5. The second kappa shape index (κ2) is 3.84. The number of aryl methyl sites for hydroxylation is 1. The minimum atomic E-state index is -1.58. The Bertz CT molecular complexity index is 328. The topological polar surface area (TPSA) is 51.5 Å². The molecule has 4 heteroatoms. The fraction of sp³-hybridized carbons (Fsp3) is 0.500.